The average molecular weight is 258 g/mol. The van der Waals surface area contributed by atoms with Crippen LogP contribution in [0.15, 0.2) is 24.3 Å². The monoisotopic (exact) mass is 258 g/mol. The van der Waals surface area contributed by atoms with Crippen molar-refractivity contribution >= 4 is 0 Å². The zero-order valence-corrected chi connectivity index (χ0v) is 12.1. The number of benzene rings is 1. The van der Waals surface area contributed by atoms with Gasteiger partial charge in [-0.2, -0.15) is 0 Å². The highest BCUT2D eigenvalue weighted by atomic mass is 15.1. The lowest BCUT2D eigenvalue weighted by molar-refractivity contribution is 0.255. The molecule has 2 heterocycles. The fourth-order valence-electron chi connectivity index (χ4n) is 3.63. The largest absolute Gasteiger partial charge is 0.314 e. The van der Waals surface area contributed by atoms with E-state index in [1.165, 1.54) is 51.7 Å². The second-order valence-corrected chi connectivity index (χ2v) is 6.27. The van der Waals surface area contributed by atoms with Gasteiger partial charge in [-0.1, -0.05) is 24.3 Å². The third-order valence-electron chi connectivity index (χ3n) is 4.84. The van der Waals surface area contributed by atoms with E-state index in [9.17, 15) is 0 Å². The van der Waals surface area contributed by atoms with Crippen LogP contribution in [0.2, 0.25) is 0 Å². The molecule has 0 bridgehead atoms. The number of piperidine rings is 1. The van der Waals surface area contributed by atoms with Gasteiger partial charge in [-0.25, -0.2) is 0 Å². The number of nitrogens with one attached hydrogen (secondary N) is 1. The van der Waals surface area contributed by atoms with E-state index in [1.807, 2.05) is 0 Å². The Morgan fingerprint density at radius 2 is 1.95 bits per heavy atom. The maximum atomic E-state index is 3.63. The molecule has 1 atom stereocenters. The Hall–Kier alpha value is -0.860. The molecule has 2 saturated heterocycles. The zero-order valence-electron chi connectivity index (χ0n) is 12.1. The normalized spacial score (nSPS) is 25.8. The van der Waals surface area contributed by atoms with Crippen LogP contribution in [0.4, 0.5) is 0 Å². The number of hydrogen-bond acceptors (Lipinski definition) is 2. The van der Waals surface area contributed by atoms with Crippen LogP contribution in [0.1, 0.15) is 42.7 Å². The molecule has 0 amide bonds. The van der Waals surface area contributed by atoms with Crippen molar-refractivity contribution in [1.82, 2.24) is 10.2 Å². The van der Waals surface area contributed by atoms with E-state index in [1.54, 1.807) is 11.1 Å². The van der Waals surface area contributed by atoms with Gasteiger partial charge in [0.15, 0.2) is 0 Å². The first kappa shape index (κ1) is 13.1. The summed E-state index contributed by atoms with van der Waals surface area (Å²) in [5.74, 6) is 0.786. The molecule has 1 aromatic rings. The van der Waals surface area contributed by atoms with Crippen molar-refractivity contribution in [3.63, 3.8) is 0 Å². The van der Waals surface area contributed by atoms with Crippen LogP contribution in [0.5, 0.6) is 0 Å². The van der Waals surface area contributed by atoms with Gasteiger partial charge in [0.2, 0.25) is 0 Å². The molecule has 2 aliphatic heterocycles. The van der Waals surface area contributed by atoms with Gasteiger partial charge in [-0.05, 0) is 75.8 Å². The number of hydrogen-bond donors (Lipinski definition) is 1. The standard InChI is InChI=1S/C17H26N2/c1-19-11-8-14(9-12-19)17-7-3-2-5-15(17)13-16-6-4-10-18-16/h2-3,5,7,14,16,18H,4,6,8-13H2,1H3. The predicted octanol–water partition coefficient (Wildman–Crippen LogP) is 2.79. The van der Waals surface area contributed by atoms with Crippen LogP contribution in [0.3, 0.4) is 0 Å². The van der Waals surface area contributed by atoms with Gasteiger partial charge in [0.1, 0.15) is 0 Å². The molecule has 3 rings (SSSR count). The lowest BCUT2D eigenvalue weighted by Crippen LogP contribution is -2.30. The Morgan fingerprint density at radius 1 is 1.16 bits per heavy atom. The third-order valence-corrected chi connectivity index (χ3v) is 4.84. The van der Waals surface area contributed by atoms with Gasteiger partial charge >= 0.3 is 0 Å². The van der Waals surface area contributed by atoms with E-state index in [0.29, 0.717) is 6.04 Å². The van der Waals surface area contributed by atoms with Crippen molar-refractivity contribution < 1.29 is 0 Å². The average Bonchev–Trinajstić information content (AvgIpc) is 2.93. The summed E-state index contributed by atoms with van der Waals surface area (Å²) in [6, 6.07) is 9.88. The first-order valence-corrected chi connectivity index (χ1v) is 7.82. The Morgan fingerprint density at radius 3 is 2.68 bits per heavy atom. The number of likely N-dealkylation sites (tertiary alicyclic amines) is 1. The third kappa shape index (κ3) is 3.18. The minimum absolute atomic E-state index is 0.715. The lowest BCUT2D eigenvalue weighted by Gasteiger charge is -2.30. The predicted molar refractivity (Wildman–Crippen MR) is 80.6 cm³/mol. The molecule has 1 unspecified atom stereocenters. The summed E-state index contributed by atoms with van der Waals surface area (Å²) in [6.07, 6.45) is 6.57. The Kier molecular flexibility index (Phi) is 4.19. The Bertz CT molecular complexity index is 401. The van der Waals surface area contributed by atoms with Gasteiger partial charge < -0.3 is 10.2 Å². The van der Waals surface area contributed by atoms with E-state index < -0.39 is 0 Å². The first-order valence-electron chi connectivity index (χ1n) is 7.82. The molecule has 0 radical (unpaired) electrons. The summed E-state index contributed by atoms with van der Waals surface area (Å²) >= 11 is 0. The van der Waals surface area contributed by atoms with E-state index in [0.717, 1.165) is 5.92 Å². The minimum atomic E-state index is 0.715. The van der Waals surface area contributed by atoms with Gasteiger partial charge in [0.25, 0.3) is 0 Å². The molecule has 2 heteroatoms. The summed E-state index contributed by atoms with van der Waals surface area (Å²) in [4.78, 5) is 2.46. The number of nitrogens with zero attached hydrogens (tertiary/aromatic N) is 1. The van der Waals surface area contributed by atoms with Gasteiger partial charge in [-0.3, -0.25) is 0 Å². The number of rotatable bonds is 3. The SMILES string of the molecule is CN1CCC(c2ccccc2CC2CCCN2)CC1. The quantitative estimate of drug-likeness (QED) is 0.897. The lowest BCUT2D eigenvalue weighted by atomic mass is 9.85. The molecule has 2 aliphatic rings. The van der Waals surface area contributed by atoms with Crippen molar-refractivity contribution in [3.05, 3.63) is 35.4 Å². The second-order valence-electron chi connectivity index (χ2n) is 6.27. The van der Waals surface area contributed by atoms with Crippen LogP contribution < -0.4 is 5.32 Å². The molecular formula is C17H26N2. The highest BCUT2D eigenvalue weighted by Crippen LogP contribution is 2.31. The molecular weight excluding hydrogens is 232 g/mol. The Balaban J connectivity index is 1.73. The summed E-state index contributed by atoms with van der Waals surface area (Å²) in [6.45, 7) is 3.71. The van der Waals surface area contributed by atoms with Crippen molar-refractivity contribution in [2.45, 2.75) is 44.1 Å². The van der Waals surface area contributed by atoms with Crippen molar-refractivity contribution in [2.75, 3.05) is 26.7 Å². The van der Waals surface area contributed by atoms with E-state index >= 15 is 0 Å². The summed E-state index contributed by atoms with van der Waals surface area (Å²) < 4.78 is 0. The molecule has 1 aromatic carbocycles. The van der Waals surface area contributed by atoms with Gasteiger partial charge in [0, 0.05) is 6.04 Å². The molecule has 0 saturated carbocycles. The zero-order chi connectivity index (χ0) is 13.1. The first-order chi connectivity index (χ1) is 9.33. The fraction of sp³-hybridized carbons (Fsp3) is 0.647. The van der Waals surface area contributed by atoms with Crippen LogP contribution in [0.25, 0.3) is 0 Å². The molecule has 2 nitrogen and oxygen atoms in total. The highest BCUT2D eigenvalue weighted by Gasteiger charge is 2.22. The molecule has 19 heavy (non-hydrogen) atoms. The summed E-state index contributed by atoms with van der Waals surface area (Å²) in [5.41, 5.74) is 3.22. The molecule has 0 spiro atoms. The van der Waals surface area contributed by atoms with E-state index in [2.05, 4.69) is 41.5 Å². The van der Waals surface area contributed by atoms with E-state index in [4.69, 9.17) is 0 Å². The van der Waals surface area contributed by atoms with Crippen LogP contribution in [-0.4, -0.2) is 37.6 Å². The summed E-state index contributed by atoms with van der Waals surface area (Å²) in [7, 11) is 2.24. The highest BCUT2D eigenvalue weighted by molar-refractivity contribution is 5.31. The second kappa shape index (κ2) is 6.06. The van der Waals surface area contributed by atoms with Crippen LogP contribution in [-0.2, 0) is 6.42 Å². The smallest absolute Gasteiger partial charge is 0.0108 e. The fourth-order valence-corrected chi connectivity index (χ4v) is 3.63. The molecule has 0 aliphatic carbocycles. The minimum Gasteiger partial charge on any atom is -0.314 e. The van der Waals surface area contributed by atoms with Crippen molar-refractivity contribution in [3.8, 4) is 0 Å². The Labute approximate surface area is 117 Å². The van der Waals surface area contributed by atoms with Gasteiger partial charge in [0.05, 0.1) is 0 Å². The molecule has 2 fully saturated rings. The van der Waals surface area contributed by atoms with Crippen molar-refractivity contribution in [1.29, 1.82) is 0 Å². The van der Waals surface area contributed by atoms with Crippen LogP contribution >= 0.6 is 0 Å². The topological polar surface area (TPSA) is 15.3 Å². The maximum absolute atomic E-state index is 3.63. The summed E-state index contributed by atoms with van der Waals surface area (Å²) in [5, 5.41) is 3.63. The van der Waals surface area contributed by atoms with Gasteiger partial charge in [-0.15, -0.1) is 0 Å². The van der Waals surface area contributed by atoms with Crippen molar-refractivity contribution in [2.24, 2.45) is 0 Å². The molecule has 0 aromatic heterocycles. The maximum Gasteiger partial charge on any atom is 0.0108 e. The molecule has 1 N–H and O–H groups in total. The van der Waals surface area contributed by atoms with E-state index in [-0.39, 0.29) is 0 Å². The van der Waals surface area contributed by atoms with Crippen LogP contribution in [0, 0.1) is 0 Å². The molecule has 104 valence electrons.